The van der Waals surface area contributed by atoms with Crippen LogP contribution in [0.5, 0.6) is 5.75 Å². The van der Waals surface area contributed by atoms with Gasteiger partial charge in [-0.1, -0.05) is 17.7 Å². The van der Waals surface area contributed by atoms with Gasteiger partial charge in [-0.15, -0.1) is 0 Å². The normalized spacial score (nSPS) is 24.0. The van der Waals surface area contributed by atoms with Gasteiger partial charge in [-0.05, 0) is 38.8 Å². The zero-order valence-corrected chi connectivity index (χ0v) is 11.7. The van der Waals surface area contributed by atoms with Crippen molar-refractivity contribution in [1.82, 2.24) is 5.32 Å². The van der Waals surface area contributed by atoms with Gasteiger partial charge in [0.1, 0.15) is 18.5 Å². The quantitative estimate of drug-likeness (QED) is 0.892. The fourth-order valence-electron chi connectivity index (χ4n) is 2.41. The molecule has 1 saturated heterocycles. The third kappa shape index (κ3) is 3.24. The van der Waals surface area contributed by atoms with Crippen molar-refractivity contribution < 1.29 is 9.47 Å². The molecule has 0 aliphatic carbocycles. The standard InChI is InChI=1S/C15H23NO2/c1-10-5-11(2)15(12(3)6-10)18-9-14-7-16-13(4)8-17-14/h5-6,13-14,16H,7-9H2,1-4H3. The molecule has 1 aliphatic heterocycles. The zero-order chi connectivity index (χ0) is 13.1. The Morgan fingerprint density at radius 2 is 1.94 bits per heavy atom. The molecule has 0 amide bonds. The lowest BCUT2D eigenvalue weighted by atomic mass is 10.1. The van der Waals surface area contributed by atoms with E-state index in [0.717, 1.165) is 18.9 Å². The predicted molar refractivity (Wildman–Crippen MR) is 73.4 cm³/mol. The van der Waals surface area contributed by atoms with E-state index in [2.05, 4.69) is 45.1 Å². The lowest BCUT2D eigenvalue weighted by Gasteiger charge is -2.28. The Morgan fingerprint density at radius 1 is 1.28 bits per heavy atom. The molecule has 2 atom stereocenters. The van der Waals surface area contributed by atoms with Crippen LogP contribution in [0, 0.1) is 20.8 Å². The van der Waals surface area contributed by atoms with Crippen molar-refractivity contribution in [1.29, 1.82) is 0 Å². The number of ether oxygens (including phenoxy) is 2. The van der Waals surface area contributed by atoms with Crippen LogP contribution in [0.3, 0.4) is 0 Å². The number of nitrogens with one attached hydrogen (secondary N) is 1. The number of morpholine rings is 1. The van der Waals surface area contributed by atoms with Crippen LogP contribution in [-0.2, 0) is 4.74 Å². The highest BCUT2D eigenvalue weighted by Crippen LogP contribution is 2.24. The summed E-state index contributed by atoms with van der Waals surface area (Å²) in [6.45, 7) is 10.7. The van der Waals surface area contributed by atoms with Crippen molar-refractivity contribution in [3.05, 3.63) is 28.8 Å². The van der Waals surface area contributed by atoms with Crippen LogP contribution >= 0.6 is 0 Å². The minimum atomic E-state index is 0.154. The fourth-order valence-corrected chi connectivity index (χ4v) is 2.41. The molecule has 18 heavy (non-hydrogen) atoms. The smallest absolute Gasteiger partial charge is 0.125 e. The maximum Gasteiger partial charge on any atom is 0.125 e. The Morgan fingerprint density at radius 3 is 2.50 bits per heavy atom. The maximum atomic E-state index is 5.93. The molecule has 3 nitrogen and oxygen atoms in total. The third-order valence-electron chi connectivity index (χ3n) is 3.29. The highest BCUT2D eigenvalue weighted by atomic mass is 16.5. The Balaban J connectivity index is 1.94. The van der Waals surface area contributed by atoms with E-state index < -0.39 is 0 Å². The number of hydrogen-bond donors (Lipinski definition) is 1. The van der Waals surface area contributed by atoms with Crippen LogP contribution < -0.4 is 10.1 Å². The summed E-state index contributed by atoms with van der Waals surface area (Å²) >= 11 is 0. The zero-order valence-electron chi connectivity index (χ0n) is 11.7. The number of rotatable bonds is 3. The summed E-state index contributed by atoms with van der Waals surface area (Å²) in [6, 6.07) is 4.76. The van der Waals surface area contributed by atoms with Crippen LogP contribution in [0.4, 0.5) is 0 Å². The minimum absolute atomic E-state index is 0.154. The summed E-state index contributed by atoms with van der Waals surface area (Å²) in [5, 5.41) is 3.40. The fraction of sp³-hybridized carbons (Fsp3) is 0.600. The van der Waals surface area contributed by atoms with E-state index in [4.69, 9.17) is 9.47 Å². The van der Waals surface area contributed by atoms with Gasteiger partial charge >= 0.3 is 0 Å². The van der Waals surface area contributed by atoms with Gasteiger partial charge in [0, 0.05) is 12.6 Å². The molecule has 1 aliphatic rings. The molecule has 0 spiro atoms. The molecule has 0 bridgehead atoms. The van der Waals surface area contributed by atoms with Crippen LogP contribution in [0.15, 0.2) is 12.1 Å². The molecule has 1 fully saturated rings. The van der Waals surface area contributed by atoms with Crippen molar-refractivity contribution in [2.24, 2.45) is 0 Å². The summed E-state index contributed by atoms with van der Waals surface area (Å²) < 4.78 is 11.7. The Kier molecular flexibility index (Phi) is 4.25. The summed E-state index contributed by atoms with van der Waals surface area (Å²) in [4.78, 5) is 0. The Labute approximate surface area is 109 Å². The predicted octanol–water partition coefficient (Wildman–Crippen LogP) is 2.37. The summed E-state index contributed by atoms with van der Waals surface area (Å²) in [5.74, 6) is 1.00. The van der Waals surface area contributed by atoms with E-state index in [1.807, 2.05) is 0 Å². The highest BCUT2D eigenvalue weighted by Gasteiger charge is 2.19. The van der Waals surface area contributed by atoms with Gasteiger partial charge in [0.25, 0.3) is 0 Å². The van der Waals surface area contributed by atoms with Crippen molar-refractivity contribution in [3.8, 4) is 5.75 Å². The first-order valence-corrected chi connectivity index (χ1v) is 6.62. The number of benzene rings is 1. The van der Waals surface area contributed by atoms with E-state index in [-0.39, 0.29) is 6.10 Å². The van der Waals surface area contributed by atoms with Gasteiger partial charge in [-0.2, -0.15) is 0 Å². The molecular weight excluding hydrogens is 226 g/mol. The summed E-state index contributed by atoms with van der Waals surface area (Å²) in [7, 11) is 0. The van der Waals surface area contributed by atoms with E-state index in [1.54, 1.807) is 0 Å². The molecule has 2 unspecified atom stereocenters. The highest BCUT2D eigenvalue weighted by molar-refractivity contribution is 5.42. The van der Waals surface area contributed by atoms with Gasteiger partial charge in [0.15, 0.2) is 0 Å². The first kappa shape index (κ1) is 13.4. The lowest BCUT2D eigenvalue weighted by molar-refractivity contribution is -0.0167. The second-order valence-corrected chi connectivity index (χ2v) is 5.30. The van der Waals surface area contributed by atoms with Gasteiger partial charge < -0.3 is 14.8 Å². The number of hydrogen-bond acceptors (Lipinski definition) is 3. The molecule has 2 rings (SSSR count). The Hall–Kier alpha value is -1.06. The second-order valence-electron chi connectivity index (χ2n) is 5.30. The Bertz CT molecular complexity index is 386. The molecule has 1 aromatic carbocycles. The summed E-state index contributed by atoms with van der Waals surface area (Å²) in [6.07, 6.45) is 0.154. The second kappa shape index (κ2) is 5.72. The molecule has 1 aromatic rings. The molecule has 100 valence electrons. The van der Waals surface area contributed by atoms with Gasteiger partial charge in [-0.3, -0.25) is 0 Å². The SMILES string of the molecule is Cc1cc(C)c(OCC2CNC(C)CO2)c(C)c1. The van der Waals surface area contributed by atoms with Crippen molar-refractivity contribution in [2.45, 2.75) is 39.8 Å². The van der Waals surface area contributed by atoms with E-state index in [0.29, 0.717) is 12.6 Å². The van der Waals surface area contributed by atoms with Crippen molar-refractivity contribution in [3.63, 3.8) is 0 Å². The van der Waals surface area contributed by atoms with E-state index in [9.17, 15) is 0 Å². The van der Waals surface area contributed by atoms with E-state index >= 15 is 0 Å². The molecule has 1 heterocycles. The third-order valence-corrected chi connectivity index (χ3v) is 3.29. The van der Waals surface area contributed by atoms with Crippen molar-refractivity contribution >= 4 is 0 Å². The van der Waals surface area contributed by atoms with Gasteiger partial charge in [0.05, 0.1) is 6.61 Å². The van der Waals surface area contributed by atoms with Gasteiger partial charge in [-0.25, -0.2) is 0 Å². The average molecular weight is 249 g/mol. The molecular formula is C15H23NO2. The van der Waals surface area contributed by atoms with Crippen LogP contribution in [0.25, 0.3) is 0 Å². The van der Waals surface area contributed by atoms with Gasteiger partial charge in [0.2, 0.25) is 0 Å². The monoisotopic (exact) mass is 249 g/mol. The first-order chi connectivity index (χ1) is 8.56. The average Bonchev–Trinajstić information content (AvgIpc) is 2.30. The number of aryl methyl sites for hydroxylation is 3. The lowest BCUT2D eigenvalue weighted by Crippen LogP contribution is -2.46. The van der Waals surface area contributed by atoms with Crippen LogP contribution in [-0.4, -0.2) is 31.9 Å². The van der Waals surface area contributed by atoms with Crippen LogP contribution in [0.2, 0.25) is 0 Å². The topological polar surface area (TPSA) is 30.5 Å². The van der Waals surface area contributed by atoms with E-state index in [1.165, 1.54) is 16.7 Å². The molecule has 3 heteroatoms. The van der Waals surface area contributed by atoms with Crippen LogP contribution in [0.1, 0.15) is 23.6 Å². The van der Waals surface area contributed by atoms with Crippen molar-refractivity contribution in [2.75, 3.05) is 19.8 Å². The molecule has 0 aromatic heterocycles. The maximum absolute atomic E-state index is 5.93. The summed E-state index contributed by atoms with van der Waals surface area (Å²) in [5.41, 5.74) is 3.68. The molecule has 0 radical (unpaired) electrons. The molecule has 0 saturated carbocycles. The minimum Gasteiger partial charge on any atom is -0.490 e. The first-order valence-electron chi connectivity index (χ1n) is 6.62. The largest absolute Gasteiger partial charge is 0.490 e. The molecule has 1 N–H and O–H groups in total.